The highest BCUT2D eigenvalue weighted by Gasteiger charge is 1.83. The molecule has 0 bridgehead atoms. The van der Waals surface area contributed by atoms with Gasteiger partial charge in [-0.15, -0.1) is 0 Å². The van der Waals surface area contributed by atoms with E-state index in [1.165, 1.54) is 0 Å². The van der Waals surface area contributed by atoms with E-state index in [1.54, 1.807) is 6.20 Å². The summed E-state index contributed by atoms with van der Waals surface area (Å²) in [6, 6.07) is 0. The lowest BCUT2D eigenvalue weighted by Gasteiger charge is -1.74. The minimum atomic E-state index is 0.873. The third-order valence-electron chi connectivity index (χ3n) is 0.755. The maximum Gasteiger partial charge on any atom is 0.103 e. The van der Waals surface area contributed by atoms with Crippen LogP contribution in [0.1, 0.15) is 11.5 Å². The van der Waals surface area contributed by atoms with Crippen molar-refractivity contribution in [2.75, 3.05) is 0 Å². The second-order valence-corrected chi connectivity index (χ2v) is 1.49. The van der Waals surface area contributed by atoms with E-state index in [4.69, 9.17) is 0 Å². The molecular formula is C5H7N2. The van der Waals surface area contributed by atoms with E-state index >= 15 is 0 Å². The number of H-pyrrole nitrogens is 1. The van der Waals surface area contributed by atoms with Crippen LogP contribution in [0.25, 0.3) is 0 Å². The molecule has 0 aliphatic rings. The van der Waals surface area contributed by atoms with Gasteiger partial charge >= 0.3 is 0 Å². The second-order valence-electron chi connectivity index (χ2n) is 1.49. The van der Waals surface area contributed by atoms with Crippen LogP contribution >= 0.6 is 0 Å². The Labute approximate surface area is 42.6 Å². The zero-order valence-electron chi connectivity index (χ0n) is 4.23. The smallest absolute Gasteiger partial charge is 0.103 e. The number of aromatic nitrogens is 2. The first kappa shape index (κ1) is 4.37. The van der Waals surface area contributed by atoms with Gasteiger partial charge in [0.2, 0.25) is 0 Å². The first-order valence-electron chi connectivity index (χ1n) is 2.12. The number of aryl methyl sites for hydroxylation is 1. The van der Waals surface area contributed by atoms with E-state index in [1.807, 2.05) is 6.92 Å². The van der Waals surface area contributed by atoms with Crippen molar-refractivity contribution in [2.24, 2.45) is 0 Å². The molecule has 0 saturated carbocycles. The minimum absolute atomic E-state index is 0.873. The van der Waals surface area contributed by atoms with E-state index in [9.17, 15) is 0 Å². The van der Waals surface area contributed by atoms with Gasteiger partial charge in [0.25, 0.3) is 0 Å². The van der Waals surface area contributed by atoms with Crippen LogP contribution < -0.4 is 0 Å². The molecule has 1 heterocycles. The molecule has 1 radical (unpaired) electrons. The SMILES string of the molecule is [CH2]c1cnc(C)[nH]1. The van der Waals surface area contributed by atoms with Gasteiger partial charge in [0.1, 0.15) is 5.82 Å². The van der Waals surface area contributed by atoms with Crippen LogP contribution in [-0.4, -0.2) is 9.97 Å². The van der Waals surface area contributed by atoms with Gasteiger partial charge in [-0.1, -0.05) is 0 Å². The average molecular weight is 95.1 g/mol. The van der Waals surface area contributed by atoms with E-state index < -0.39 is 0 Å². The van der Waals surface area contributed by atoms with Crippen molar-refractivity contribution < 1.29 is 0 Å². The van der Waals surface area contributed by atoms with Crippen LogP contribution in [0.2, 0.25) is 0 Å². The summed E-state index contributed by atoms with van der Waals surface area (Å²) >= 11 is 0. The largest absolute Gasteiger partial charge is 0.346 e. The molecule has 0 aliphatic carbocycles. The van der Waals surface area contributed by atoms with Gasteiger partial charge < -0.3 is 4.98 Å². The Hall–Kier alpha value is -0.790. The van der Waals surface area contributed by atoms with Crippen LogP contribution in [0.4, 0.5) is 0 Å². The highest BCUT2D eigenvalue weighted by Crippen LogP contribution is 1.89. The Morgan fingerprint density at radius 1 is 1.86 bits per heavy atom. The maximum atomic E-state index is 3.90. The van der Waals surface area contributed by atoms with Crippen LogP contribution in [0.15, 0.2) is 6.20 Å². The topological polar surface area (TPSA) is 28.7 Å². The summed E-state index contributed by atoms with van der Waals surface area (Å²) in [5, 5.41) is 0. The fourth-order valence-corrected chi connectivity index (χ4v) is 0.472. The van der Waals surface area contributed by atoms with Crippen molar-refractivity contribution in [1.29, 1.82) is 0 Å². The summed E-state index contributed by atoms with van der Waals surface area (Å²) in [5.74, 6) is 0.921. The first-order chi connectivity index (χ1) is 3.29. The van der Waals surface area contributed by atoms with E-state index in [0.29, 0.717) is 0 Å². The quantitative estimate of drug-likeness (QED) is 0.509. The Morgan fingerprint density at radius 3 is 2.71 bits per heavy atom. The number of nitrogens with one attached hydrogen (secondary N) is 1. The number of aromatic amines is 1. The molecular weight excluding hydrogens is 88.1 g/mol. The maximum absolute atomic E-state index is 3.90. The number of rotatable bonds is 0. The molecule has 37 valence electrons. The van der Waals surface area contributed by atoms with Crippen LogP contribution in [0, 0.1) is 13.8 Å². The predicted molar refractivity (Wildman–Crippen MR) is 27.8 cm³/mol. The van der Waals surface area contributed by atoms with Gasteiger partial charge in [-0.3, -0.25) is 0 Å². The Bertz CT molecular complexity index is 138. The molecule has 2 heteroatoms. The fourth-order valence-electron chi connectivity index (χ4n) is 0.472. The van der Waals surface area contributed by atoms with Gasteiger partial charge in [0.05, 0.1) is 0 Å². The molecule has 1 N–H and O–H groups in total. The summed E-state index contributed by atoms with van der Waals surface area (Å²) in [5.41, 5.74) is 0.873. The third-order valence-corrected chi connectivity index (χ3v) is 0.755. The summed E-state index contributed by atoms with van der Waals surface area (Å²) in [6.07, 6.45) is 1.70. The van der Waals surface area contributed by atoms with Crippen molar-refractivity contribution in [3.63, 3.8) is 0 Å². The van der Waals surface area contributed by atoms with Crippen LogP contribution in [0.3, 0.4) is 0 Å². The van der Waals surface area contributed by atoms with Gasteiger partial charge in [-0.05, 0) is 13.8 Å². The normalized spacial score (nSPS) is 9.43. The molecule has 0 aromatic carbocycles. The molecule has 7 heavy (non-hydrogen) atoms. The van der Waals surface area contributed by atoms with Crippen molar-refractivity contribution in [2.45, 2.75) is 6.92 Å². The van der Waals surface area contributed by atoms with Gasteiger partial charge in [-0.2, -0.15) is 0 Å². The van der Waals surface area contributed by atoms with Crippen molar-refractivity contribution >= 4 is 0 Å². The second kappa shape index (κ2) is 1.37. The number of hydrogen-bond acceptors (Lipinski definition) is 1. The Balaban J connectivity index is 3.04. The predicted octanol–water partition coefficient (Wildman–Crippen LogP) is 0.900. The van der Waals surface area contributed by atoms with Crippen molar-refractivity contribution in [1.82, 2.24) is 9.97 Å². The molecule has 0 amide bonds. The fraction of sp³-hybridized carbons (Fsp3) is 0.200. The van der Waals surface area contributed by atoms with Crippen LogP contribution in [-0.2, 0) is 0 Å². The van der Waals surface area contributed by atoms with Gasteiger partial charge in [0.15, 0.2) is 0 Å². The Kier molecular flexibility index (Phi) is 0.855. The highest BCUT2D eigenvalue weighted by atomic mass is 14.9. The van der Waals surface area contributed by atoms with E-state index in [-0.39, 0.29) is 0 Å². The molecule has 0 aliphatic heterocycles. The van der Waals surface area contributed by atoms with E-state index in [2.05, 4.69) is 16.9 Å². The lowest BCUT2D eigenvalue weighted by Crippen LogP contribution is -1.70. The monoisotopic (exact) mass is 95.1 g/mol. The van der Waals surface area contributed by atoms with Crippen LogP contribution in [0.5, 0.6) is 0 Å². The summed E-state index contributed by atoms with van der Waals surface area (Å²) in [4.78, 5) is 6.81. The van der Waals surface area contributed by atoms with E-state index in [0.717, 1.165) is 11.5 Å². The molecule has 1 aromatic heterocycles. The summed E-state index contributed by atoms with van der Waals surface area (Å²) in [7, 11) is 0. The number of nitrogens with zero attached hydrogens (tertiary/aromatic N) is 1. The summed E-state index contributed by atoms with van der Waals surface area (Å²) < 4.78 is 0. The van der Waals surface area contributed by atoms with Crippen molar-refractivity contribution in [3.05, 3.63) is 24.6 Å². The Morgan fingerprint density at radius 2 is 2.57 bits per heavy atom. The molecule has 1 aromatic rings. The zero-order chi connectivity index (χ0) is 5.28. The number of imidazole rings is 1. The molecule has 0 saturated heterocycles. The lowest BCUT2D eigenvalue weighted by molar-refractivity contribution is 1.14. The number of hydrogen-bond donors (Lipinski definition) is 1. The zero-order valence-corrected chi connectivity index (χ0v) is 4.23. The molecule has 0 fully saturated rings. The van der Waals surface area contributed by atoms with Gasteiger partial charge in [-0.25, -0.2) is 4.98 Å². The standard InChI is InChI=1S/C5H7N2/c1-4-3-6-5(2)7-4/h3H,1H2,2H3,(H,6,7). The average Bonchev–Trinajstić information content (AvgIpc) is 1.87. The molecule has 2 nitrogen and oxygen atoms in total. The molecule has 0 unspecified atom stereocenters. The molecule has 0 atom stereocenters. The molecule has 1 rings (SSSR count). The highest BCUT2D eigenvalue weighted by molar-refractivity contribution is 5.02. The minimum Gasteiger partial charge on any atom is -0.346 e. The van der Waals surface area contributed by atoms with Crippen molar-refractivity contribution in [3.8, 4) is 0 Å². The first-order valence-corrected chi connectivity index (χ1v) is 2.12. The molecule has 0 spiro atoms. The van der Waals surface area contributed by atoms with Gasteiger partial charge in [0, 0.05) is 11.9 Å². The lowest BCUT2D eigenvalue weighted by atomic mass is 10.6. The summed E-state index contributed by atoms with van der Waals surface area (Å²) in [6.45, 7) is 5.52. The third kappa shape index (κ3) is 0.796.